The fourth-order valence-electron chi connectivity index (χ4n) is 3.64. The summed E-state index contributed by atoms with van der Waals surface area (Å²) in [4.78, 5) is 39.4. The number of aromatic carboxylic acids is 1. The number of piperidine rings is 1. The highest BCUT2D eigenvalue weighted by molar-refractivity contribution is 5.86. The Kier molecular flexibility index (Phi) is 8.47. The summed E-state index contributed by atoms with van der Waals surface area (Å²) in [6, 6.07) is 0.121. The largest absolute Gasteiger partial charge is 0.478 e. The van der Waals surface area contributed by atoms with Gasteiger partial charge in [0.2, 0.25) is 11.8 Å². The van der Waals surface area contributed by atoms with Crippen molar-refractivity contribution < 1.29 is 19.5 Å². The van der Waals surface area contributed by atoms with Crippen LogP contribution < -0.4 is 0 Å². The number of likely N-dealkylation sites (tertiary alicyclic amines) is 1. The van der Waals surface area contributed by atoms with Gasteiger partial charge in [0.1, 0.15) is 0 Å². The first kappa shape index (κ1) is 21.9. The quantitative estimate of drug-likeness (QED) is 0.660. The van der Waals surface area contributed by atoms with Gasteiger partial charge in [-0.15, -0.1) is 0 Å². The van der Waals surface area contributed by atoms with E-state index in [1.54, 1.807) is 10.9 Å². The van der Waals surface area contributed by atoms with Gasteiger partial charge in [0, 0.05) is 45.2 Å². The molecule has 0 unspecified atom stereocenters. The van der Waals surface area contributed by atoms with E-state index >= 15 is 0 Å². The van der Waals surface area contributed by atoms with Crippen LogP contribution in [0.5, 0.6) is 0 Å². The lowest BCUT2D eigenvalue weighted by molar-refractivity contribution is -0.133. The van der Waals surface area contributed by atoms with Gasteiger partial charge in [0.05, 0.1) is 17.8 Å². The number of rotatable bonds is 10. The normalized spacial score (nSPS) is 14.9. The molecule has 1 aromatic heterocycles. The summed E-state index contributed by atoms with van der Waals surface area (Å²) in [6.45, 7) is 6.97. The molecule has 2 heterocycles. The summed E-state index contributed by atoms with van der Waals surface area (Å²) in [5.41, 5.74) is 0.184. The number of amides is 2. The van der Waals surface area contributed by atoms with Gasteiger partial charge in [-0.1, -0.05) is 13.8 Å². The van der Waals surface area contributed by atoms with E-state index in [1.165, 1.54) is 6.20 Å². The van der Waals surface area contributed by atoms with Gasteiger partial charge >= 0.3 is 5.97 Å². The molecule has 28 heavy (non-hydrogen) atoms. The van der Waals surface area contributed by atoms with E-state index in [4.69, 9.17) is 5.11 Å². The Morgan fingerprint density at radius 3 is 2.32 bits per heavy atom. The molecule has 8 nitrogen and oxygen atoms in total. The van der Waals surface area contributed by atoms with Crippen molar-refractivity contribution in [3.8, 4) is 0 Å². The molecule has 0 aromatic carbocycles. The maximum absolute atomic E-state index is 12.4. The van der Waals surface area contributed by atoms with Gasteiger partial charge < -0.3 is 14.9 Å². The fourth-order valence-corrected chi connectivity index (χ4v) is 3.64. The zero-order valence-electron chi connectivity index (χ0n) is 17.0. The maximum atomic E-state index is 12.4. The lowest BCUT2D eigenvalue weighted by Crippen LogP contribution is -2.39. The third-order valence-electron chi connectivity index (χ3n) is 5.16. The van der Waals surface area contributed by atoms with Crippen LogP contribution in [-0.4, -0.2) is 68.6 Å². The molecule has 0 spiro atoms. The molecule has 1 fully saturated rings. The van der Waals surface area contributed by atoms with Crippen molar-refractivity contribution in [2.75, 3.05) is 26.2 Å². The summed E-state index contributed by atoms with van der Waals surface area (Å²) >= 11 is 0. The second kappa shape index (κ2) is 10.8. The van der Waals surface area contributed by atoms with Crippen molar-refractivity contribution in [1.29, 1.82) is 0 Å². The summed E-state index contributed by atoms with van der Waals surface area (Å²) < 4.78 is 1.69. The first-order valence-electron chi connectivity index (χ1n) is 10.3. The van der Waals surface area contributed by atoms with Crippen molar-refractivity contribution in [3.63, 3.8) is 0 Å². The predicted octanol–water partition coefficient (Wildman–Crippen LogP) is 2.56. The van der Waals surface area contributed by atoms with E-state index in [2.05, 4.69) is 18.9 Å². The molecule has 1 saturated heterocycles. The van der Waals surface area contributed by atoms with Gasteiger partial charge in [-0.3, -0.25) is 14.3 Å². The van der Waals surface area contributed by atoms with Crippen molar-refractivity contribution in [1.82, 2.24) is 19.6 Å². The monoisotopic (exact) mass is 392 g/mol. The van der Waals surface area contributed by atoms with Crippen LogP contribution in [-0.2, 0) is 9.59 Å². The Hall–Kier alpha value is -2.38. The number of nitrogens with zero attached hydrogens (tertiary/aromatic N) is 4. The maximum Gasteiger partial charge on any atom is 0.338 e. The summed E-state index contributed by atoms with van der Waals surface area (Å²) in [6.07, 6.45) is 7.72. The van der Waals surface area contributed by atoms with Crippen molar-refractivity contribution in [3.05, 3.63) is 18.0 Å². The van der Waals surface area contributed by atoms with Crippen LogP contribution in [0.1, 0.15) is 75.2 Å². The molecule has 0 saturated carbocycles. The standard InChI is InChI=1S/C20H32N4O4/c1-3-10-22(11-4-2)18(25)6-5-7-19(26)23-12-8-17(9-13-23)24-15-16(14-21-24)20(27)28/h14-15,17H,3-13H2,1-2H3,(H,27,28). The van der Waals surface area contributed by atoms with Crippen LogP contribution in [0.4, 0.5) is 0 Å². The third-order valence-corrected chi connectivity index (χ3v) is 5.16. The van der Waals surface area contributed by atoms with Gasteiger partial charge in [-0.25, -0.2) is 4.79 Å². The number of aromatic nitrogens is 2. The molecule has 1 aliphatic rings. The highest BCUT2D eigenvalue weighted by Gasteiger charge is 2.25. The van der Waals surface area contributed by atoms with Crippen molar-refractivity contribution in [2.45, 2.75) is 64.8 Å². The highest BCUT2D eigenvalue weighted by atomic mass is 16.4. The zero-order valence-corrected chi connectivity index (χ0v) is 17.0. The lowest BCUT2D eigenvalue weighted by atomic mass is 10.0. The van der Waals surface area contributed by atoms with Crippen LogP contribution in [0.3, 0.4) is 0 Å². The van der Waals surface area contributed by atoms with Gasteiger partial charge in [-0.2, -0.15) is 5.10 Å². The molecule has 1 aromatic rings. The average molecular weight is 393 g/mol. The molecule has 0 aliphatic carbocycles. The van der Waals surface area contributed by atoms with E-state index in [9.17, 15) is 14.4 Å². The van der Waals surface area contributed by atoms with Gasteiger partial charge in [-0.05, 0) is 32.1 Å². The Bertz CT molecular complexity index is 659. The molecule has 2 amide bonds. The second-order valence-corrected chi connectivity index (χ2v) is 7.36. The van der Waals surface area contributed by atoms with E-state index in [-0.39, 0.29) is 23.4 Å². The molecule has 2 rings (SSSR count). The first-order chi connectivity index (χ1) is 13.5. The topological polar surface area (TPSA) is 95.7 Å². The highest BCUT2D eigenvalue weighted by Crippen LogP contribution is 2.23. The SMILES string of the molecule is CCCN(CCC)C(=O)CCCC(=O)N1CCC(n2cc(C(=O)O)cn2)CC1. The minimum atomic E-state index is -0.982. The van der Waals surface area contributed by atoms with E-state index in [1.807, 2.05) is 9.80 Å². The third kappa shape index (κ3) is 6.07. The predicted molar refractivity (Wildman–Crippen MR) is 105 cm³/mol. The van der Waals surface area contributed by atoms with Crippen LogP contribution in [0, 0.1) is 0 Å². The van der Waals surface area contributed by atoms with Gasteiger partial charge in [0.25, 0.3) is 0 Å². The molecule has 1 N–H and O–H groups in total. The minimum absolute atomic E-state index is 0.0930. The Balaban J connectivity index is 1.72. The minimum Gasteiger partial charge on any atom is -0.478 e. The van der Waals surface area contributed by atoms with Gasteiger partial charge in [0.15, 0.2) is 0 Å². The molecular weight excluding hydrogens is 360 g/mol. The zero-order chi connectivity index (χ0) is 20.5. The second-order valence-electron chi connectivity index (χ2n) is 7.36. The molecule has 8 heteroatoms. The first-order valence-corrected chi connectivity index (χ1v) is 10.3. The molecule has 1 aliphatic heterocycles. The van der Waals surface area contributed by atoms with Crippen LogP contribution in [0.15, 0.2) is 12.4 Å². The van der Waals surface area contributed by atoms with Crippen molar-refractivity contribution in [2.24, 2.45) is 0 Å². The molecule has 0 atom stereocenters. The number of carbonyl (C=O) groups is 3. The van der Waals surface area contributed by atoms with E-state index < -0.39 is 5.97 Å². The number of carboxylic acid groups (broad SMARTS) is 1. The molecule has 0 bridgehead atoms. The Labute approximate surface area is 166 Å². The summed E-state index contributed by atoms with van der Waals surface area (Å²) in [5.74, 6) is -0.747. The molecular formula is C20H32N4O4. The number of hydrogen-bond acceptors (Lipinski definition) is 4. The number of carboxylic acids is 1. The molecule has 0 radical (unpaired) electrons. The van der Waals surface area contributed by atoms with Crippen LogP contribution in [0.25, 0.3) is 0 Å². The summed E-state index contributed by atoms with van der Waals surface area (Å²) in [7, 11) is 0. The van der Waals surface area contributed by atoms with Crippen LogP contribution in [0.2, 0.25) is 0 Å². The Morgan fingerprint density at radius 1 is 1.14 bits per heavy atom. The summed E-state index contributed by atoms with van der Waals surface area (Å²) in [5, 5.41) is 13.1. The number of hydrogen-bond donors (Lipinski definition) is 1. The number of carbonyl (C=O) groups excluding carboxylic acids is 2. The van der Waals surface area contributed by atoms with Crippen molar-refractivity contribution >= 4 is 17.8 Å². The van der Waals surface area contributed by atoms with E-state index in [0.717, 1.165) is 38.8 Å². The van der Waals surface area contributed by atoms with Crippen LogP contribution >= 0.6 is 0 Å². The van der Waals surface area contributed by atoms with E-state index in [0.29, 0.717) is 32.4 Å². The smallest absolute Gasteiger partial charge is 0.338 e. The lowest BCUT2D eigenvalue weighted by Gasteiger charge is -2.32. The average Bonchev–Trinajstić information content (AvgIpc) is 3.18. The fraction of sp³-hybridized carbons (Fsp3) is 0.700. The Morgan fingerprint density at radius 2 is 1.79 bits per heavy atom. The molecule has 156 valence electrons.